The second-order valence-electron chi connectivity index (χ2n) is 4.48. The third-order valence-corrected chi connectivity index (χ3v) is 3.69. The molecular formula is C15H10BrClN2O2. The number of aromatic nitrogens is 2. The number of nitrogens with zero attached hydrogens (tertiary/aromatic N) is 2. The van der Waals surface area contributed by atoms with E-state index in [0.29, 0.717) is 10.8 Å². The monoisotopic (exact) mass is 364 g/mol. The molecule has 1 heterocycles. The zero-order chi connectivity index (χ0) is 15.0. The van der Waals surface area contributed by atoms with Gasteiger partial charge in [-0.1, -0.05) is 27.5 Å². The molecule has 6 heteroatoms. The van der Waals surface area contributed by atoms with Crippen molar-refractivity contribution in [2.75, 3.05) is 0 Å². The molecule has 0 saturated carbocycles. The third-order valence-electron chi connectivity index (χ3n) is 2.89. The van der Waals surface area contributed by atoms with Crippen molar-refractivity contribution in [1.82, 2.24) is 9.78 Å². The van der Waals surface area contributed by atoms with Crippen LogP contribution in [0.15, 0.2) is 47.1 Å². The number of halogens is 2. The second kappa shape index (κ2) is 5.50. The summed E-state index contributed by atoms with van der Waals surface area (Å²) in [5, 5.41) is 5.93. The predicted molar refractivity (Wildman–Crippen MR) is 85.1 cm³/mol. The minimum absolute atomic E-state index is 0.349. The predicted octanol–water partition coefficient (Wildman–Crippen LogP) is 4.37. The van der Waals surface area contributed by atoms with E-state index in [9.17, 15) is 4.79 Å². The number of esters is 1. The van der Waals surface area contributed by atoms with Gasteiger partial charge in [-0.2, -0.15) is 5.10 Å². The van der Waals surface area contributed by atoms with Crippen LogP contribution in [0.5, 0.6) is 5.75 Å². The maximum absolute atomic E-state index is 11.0. The Balaban J connectivity index is 2.06. The molecule has 0 bridgehead atoms. The van der Waals surface area contributed by atoms with Crippen LogP contribution in [-0.2, 0) is 4.79 Å². The van der Waals surface area contributed by atoms with E-state index in [1.165, 1.54) is 6.92 Å². The standard InChI is InChI=1S/C15H10BrClN2O2/c1-9(20)21-12-3-4-14-10(6-12)8-19(18-14)15-5-2-11(16)7-13(15)17/h2-8H,1H3. The fraction of sp³-hybridized carbons (Fsp3) is 0.0667. The molecule has 0 fully saturated rings. The molecule has 3 aromatic rings. The topological polar surface area (TPSA) is 44.1 Å². The molecule has 2 aromatic carbocycles. The molecule has 0 aliphatic rings. The zero-order valence-corrected chi connectivity index (χ0v) is 13.4. The lowest BCUT2D eigenvalue weighted by atomic mass is 10.2. The molecule has 0 radical (unpaired) electrons. The summed E-state index contributed by atoms with van der Waals surface area (Å²) >= 11 is 9.60. The Morgan fingerprint density at radius 2 is 2.10 bits per heavy atom. The van der Waals surface area contributed by atoms with Gasteiger partial charge in [-0.3, -0.25) is 4.79 Å². The van der Waals surface area contributed by atoms with E-state index in [1.807, 2.05) is 24.4 Å². The minimum atomic E-state index is -0.349. The van der Waals surface area contributed by atoms with Crippen LogP contribution in [0.4, 0.5) is 0 Å². The van der Waals surface area contributed by atoms with Crippen LogP contribution < -0.4 is 4.74 Å². The lowest BCUT2D eigenvalue weighted by molar-refractivity contribution is -0.131. The van der Waals surface area contributed by atoms with Crippen molar-refractivity contribution in [3.05, 3.63) is 52.1 Å². The second-order valence-corrected chi connectivity index (χ2v) is 5.81. The highest BCUT2D eigenvalue weighted by atomic mass is 79.9. The molecule has 4 nitrogen and oxygen atoms in total. The Labute approximate surface area is 134 Å². The smallest absolute Gasteiger partial charge is 0.308 e. The Morgan fingerprint density at radius 3 is 2.81 bits per heavy atom. The Morgan fingerprint density at radius 1 is 1.29 bits per heavy atom. The van der Waals surface area contributed by atoms with Gasteiger partial charge in [0.05, 0.1) is 16.2 Å². The van der Waals surface area contributed by atoms with Gasteiger partial charge in [0.15, 0.2) is 0 Å². The van der Waals surface area contributed by atoms with Crippen molar-refractivity contribution < 1.29 is 9.53 Å². The maximum atomic E-state index is 11.0. The van der Waals surface area contributed by atoms with Crippen LogP contribution in [0, 0.1) is 0 Å². The molecule has 0 spiro atoms. The summed E-state index contributed by atoms with van der Waals surface area (Å²) in [5.74, 6) is 0.147. The molecule has 106 valence electrons. The van der Waals surface area contributed by atoms with Gasteiger partial charge in [-0.15, -0.1) is 0 Å². The third kappa shape index (κ3) is 2.94. The van der Waals surface area contributed by atoms with E-state index in [-0.39, 0.29) is 5.97 Å². The number of rotatable bonds is 2. The fourth-order valence-corrected chi connectivity index (χ4v) is 2.78. The first-order valence-electron chi connectivity index (χ1n) is 6.16. The van der Waals surface area contributed by atoms with Crippen molar-refractivity contribution in [1.29, 1.82) is 0 Å². The summed E-state index contributed by atoms with van der Waals surface area (Å²) in [6, 6.07) is 10.9. The fourth-order valence-electron chi connectivity index (χ4n) is 2.02. The van der Waals surface area contributed by atoms with Crippen LogP contribution in [0.1, 0.15) is 6.92 Å². The maximum Gasteiger partial charge on any atom is 0.308 e. The molecule has 3 rings (SSSR count). The minimum Gasteiger partial charge on any atom is -0.427 e. The molecule has 21 heavy (non-hydrogen) atoms. The first kappa shape index (κ1) is 14.1. The van der Waals surface area contributed by atoms with Crippen molar-refractivity contribution in [3.63, 3.8) is 0 Å². The van der Waals surface area contributed by atoms with Gasteiger partial charge in [-0.05, 0) is 36.4 Å². The molecule has 0 aliphatic carbocycles. The van der Waals surface area contributed by atoms with Crippen molar-refractivity contribution >= 4 is 44.4 Å². The van der Waals surface area contributed by atoms with E-state index in [0.717, 1.165) is 21.1 Å². The van der Waals surface area contributed by atoms with E-state index in [4.69, 9.17) is 16.3 Å². The number of hydrogen-bond donors (Lipinski definition) is 0. The van der Waals surface area contributed by atoms with E-state index in [1.54, 1.807) is 22.9 Å². The summed E-state index contributed by atoms with van der Waals surface area (Å²) in [7, 11) is 0. The highest BCUT2D eigenvalue weighted by molar-refractivity contribution is 9.10. The number of ether oxygens (including phenoxy) is 1. The molecule has 0 aliphatic heterocycles. The molecule has 1 aromatic heterocycles. The molecule has 0 N–H and O–H groups in total. The van der Waals surface area contributed by atoms with Crippen molar-refractivity contribution in [2.45, 2.75) is 6.92 Å². The molecular weight excluding hydrogens is 356 g/mol. The largest absolute Gasteiger partial charge is 0.427 e. The van der Waals surface area contributed by atoms with E-state index in [2.05, 4.69) is 21.0 Å². The molecule has 0 unspecified atom stereocenters. The van der Waals surface area contributed by atoms with E-state index < -0.39 is 0 Å². The number of benzene rings is 2. The van der Waals surface area contributed by atoms with Gasteiger partial charge in [0.1, 0.15) is 5.75 Å². The average molecular weight is 366 g/mol. The summed E-state index contributed by atoms with van der Waals surface area (Å²) in [5.41, 5.74) is 1.58. The average Bonchev–Trinajstić information content (AvgIpc) is 2.80. The quantitative estimate of drug-likeness (QED) is 0.500. The number of carbonyl (C=O) groups excluding carboxylic acids is 1. The summed E-state index contributed by atoms with van der Waals surface area (Å²) in [4.78, 5) is 11.0. The van der Waals surface area contributed by atoms with Gasteiger partial charge < -0.3 is 4.74 Å². The lowest BCUT2D eigenvalue weighted by Gasteiger charge is -2.03. The Hall–Kier alpha value is -1.85. The lowest BCUT2D eigenvalue weighted by Crippen LogP contribution is -2.00. The van der Waals surface area contributed by atoms with Crippen LogP contribution in [-0.4, -0.2) is 15.7 Å². The Kier molecular flexibility index (Phi) is 3.69. The summed E-state index contributed by atoms with van der Waals surface area (Å²) in [6.07, 6.45) is 1.84. The Bertz CT molecular complexity index is 845. The molecule has 0 atom stereocenters. The first-order chi connectivity index (χ1) is 10.0. The van der Waals surface area contributed by atoms with Crippen molar-refractivity contribution in [3.8, 4) is 11.4 Å². The number of hydrogen-bond acceptors (Lipinski definition) is 3. The van der Waals surface area contributed by atoms with Crippen LogP contribution >= 0.6 is 27.5 Å². The molecule has 0 saturated heterocycles. The summed E-state index contributed by atoms with van der Waals surface area (Å²) < 4.78 is 7.68. The van der Waals surface area contributed by atoms with Gasteiger partial charge in [-0.25, -0.2) is 4.68 Å². The van der Waals surface area contributed by atoms with Crippen LogP contribution in [0.3, 0.4) is 0 Å². The normalized spacial score (nSPS) is 10.8. The van der Waals surface area contributed by atoms with Gasteiger partial charge in [0, 0.05) is 23.0 Å². The SMILES string of the molecule is CC(=O)Oc1ccc2nn(-c3ccc(Br)cc3Cl)cc2c1. The van der Waals surface area contributed by atoms with Crippen molar-refractivity contribution in [2.24, 2.45) is 0 Å². The van der Waals surface area contributed by atoms with Gasteiger partial charge >= 0.3 is 5.97 Å². The highest BCUT2D eigenvalue weighted by Crippen LogP contribution is 2.27. The van der Waals surface area contributed by atoms with Gasteiger partial charge in [0.25, 0.3) is 0 Å². The summed E-state index contributed by atoms with van der Waals surface area (Å²) in [6.45, 7) is 1.37. The van der Waals surface area contributed by atoms with Crippen LogP contribution in [0.2, 0.25) is 5.02 Å². The number of carbonyl (C=O) groups is 1. The highest BCUT2D eigenvalue weighted by Gasteiger charge is 2.08. The van der Waals surface area contributed by atoms with Crippen LogP contribution in [0.25, 0.3) is 16.6 Å². The first-order valence-corrected chi connectivity index (χ1v) is 7.33. The zero-order valence-electron chi connectivity index (χ0n) is 11.0. The molecule has 0 amide bonds. The van der Waals surface area contributed by atoms with E-state index >= 15 is 0 Å². The van der Waals surface area contributed by atoms with Gasteiger partial charge in [0.2, 0.25) is 0 Å². The number of fused-ring (bicyclic) bond motifs is 1.